The summed E-state index contributed by atoms with van der Waals surface area (Å²) in [7, 11) is -3.66. The van der Waals surface area contributed by atoms with Gasteiger partial charge >= 0.3 is 0 Å². The van der Waals surface area contributed by atoms with Gasteiger partial charge in [-0.15, -0.1) is 11.8 Å². The number of thioether (sulfide) groups is 1. The summed E-state index contributed by atoms with van der Waals surface area (Å²) in [5.41, 5.74) is 1.64. The second-order valence-corrected chi connectivity index (χ2v) is 9.70. The fraction of sp³-hybridized carbons (Fsp3) is 0.409. The largest absolute Gasteiger partial charge is 0.494 e. The molecular weight excluding hydrogens is 420 g/mol. The lowest BCUT2D eigenvalue weighted by Crippen LogP contribution is -2.25. The highest BCUT2D eigenvalue weighted by molar-refractivity contribution is 7.98. The number of benzene rings is 2. The van der Waals surface area contributed by atoms with Crippen LogP contribution in [-0.4, -0.2) is 33.7 Å². The number of hydrogen-bond donors (Lipinski definition) is 2. The molecule has 0 radical (unpaired) electrons. The molecule has 2 aromatic rings. The molecule has 0 atom stereocenters. The van der Waals surface area contributed by atoms with Gasteiger partial charge in [0.2, 0.25) is 15.9 Å². The minimum atomic E-state index is -3.66. The Labute approximate surface area is 183 Å². The molecule has 0 heterocycles. The molecule has 2 aromatic carbocycles. The summed E-state index contributed by atoms with van der Waals surface area (Å²) >= 11 is 1.45. The van der Waals surface area contributed by atoms with Crippen molar-refractivity contribution in [3.8, 4) is 5.75 Å². The van der Waals surface area contributed by atoms with Gasteiger partial charge in [-0.05, 0) is 61.9 Å². The summed E-state index contributed by atoms with van der Waals surface area (Å²) in [6.45, 7) is 6.48. The SMILES string of the molecule is CCOc1ccc(CCCNS(=O)(=O)c2ccc(SC)c(NC(=O)C(C)C)c2)cc1. The van der Waals surface area contributed by atoms with Gasteiger partial charge in [0.15, 0.2) is 0 Å². The van der Waals surface area contributed by atoms with Gasteiger partial charge in [-0.3, -0.25) is 4.79 Å². The molecule has 0 spiro atoms. The maximum atomic E-state index is 12.7. The van der Waals surface area contributed by atoms with E-state index in [1.54, 1.807) is 26.0 Å². The number of ether oxygens (including phenoxy) is 1. The van der Waals surface area contributed by atoms with E-state index in [1.165, 1.54) is 17.8 Å². The predicted molar refractivity (Wildman–Crippen MR) is 123 cm³/mol. The molecule has 164 valence electrons. The molecule has 0 aliphatic heterocycles. The van der Waals surface area contributed by atoms with Crippen molar-refractivity contribution in [1.82, 2.24) is 4.72 Å². The van der Waals surface area contributed by atoms with Gasteiger partial charge < -0.3 is 10.1 Å². The number of hydrogen-bond acceptors (Lipinski definition) is 5. The van der Waals surface area contributed by atoms with Crippen molar-refractivity contribution < 1.29 is 17.9 Å². The van der Waals surface area contributed by atoms with Crippen molar-refractivity contribution in [1.29, 1.82) is 0 Å². The van der Waals surface area contributed by atoms with E-state index in [2.05, 4.69) is 10.0 Å². The van der Waals surface area contributed by atoms with Gasteiger partial charge in [0, 0.05) is 17.4 Å². The van der Waals surface area contributed by atoms with Crippen molar-refractivity contribution in [2.75, 3.05) is 24.7 Å². The van der Waals surface area contributed by atoms with Gasteiger partial charge in [-0.25, -0.2) is 13.1 Å². The first-order valence-electron chi connectivity index (χ1n) is 9.97. The van der Waals surface area contributed by atoms with Crippen molar-refractivity contribution in [3.63, 3.8) is 0 Å². The molecule has 0 saturated heterocycles. The third-order valence-electron chi connectivity index (χ3n) is 4.43. The summed E-state index contributed by atoms with van der Waals surface area (Å²) in [6.07, 6.45) is 3.32. The summed E-state index contributed by atoms with van der Waals surface area (Å²) in [5.74, 6) is 0.486. The van der Waals surface area contributed by atoms with Gasteiger partial charge in [0.05, 0.1) is 17.2 Å². The highest BCUT2D eigenvalue weighted by Gasteiger charge is 2.17. The van der Waals surface area contributed by atoms with Gasteiger partial charge in [0.1, 0.15) is 5.75 Å². The molecule has 0 aliphatic rings. The highest BCUT2D eigenvalue weighted by atomic mass is 32.2. The third kappa shape index (κ3) is 7.04. The third-order valence-corrected chi connectivity index (χ3v) is 6.69. The van der Waals surface area contributed by atoms with Crippen molar-refractivity contribution >= 4 is 33.4 Å². The molecular formula is C22H30N2O4S2. The zero-order chi connectivity index (χ0) is 22.1. The van der Waals surface area contributed by atoms with E-state index in [-0.39, 0.29) is 16.7 Å². The van der Waals surface area contributed by atoms with Crippen LogP contribution in [0.15, 0.2) is 52.3 Å². The van der Waals surface area contributed by atoms with Crippen LogP contribution in [0.5, 0.6) is 5.75 Å². The molecule has 0 aliphatic carbocycles. The van der Waals surface area contributed by atoms with Crippen LogP contribution >= 0.6 is 11.8 Å². The number of anilines is 1. The van der Waals surface area contributed by atoms with Crippen LogP contribution in [0.4, 0.5) is 5.69 Å². The summed E-state index contributed by atoms with van der Waals surface area (Å²) < 4.78 is 33.4. The molecule has 0 unspecified atom stereocenters. The Kier molecular flexibility index (Phi) is 9.20. The lowest BCUT2D eigenvalue weighted by atomic mass is 10.1. The Morgan fingerprint density at radius 2 is 1.83 bits per heavy atom. The molecule has 1 amide bonds. The molecule has 8 heteroatoms. The lowest BCUT2D eigenvalue weighted by Gasteiger charge is -2.14. The quantitative estimate of drug-likeness (QED) is 0.394. The monoisotopic (exact) mass is 450 g/mol. The zero-order valence-corrected chi connectivity index (χ0v) is 19.5. The fourth-order valence-corrected chi connectivity index (χ4v) is 4.36. The Morgan fingerprint density at radius 1 is 1.13 bits per heavy atom. The maximum absolute atomic E-state index is 12.7. The number of aryl methyl sites for hydroxylation is 1. The van der Waals surface area contributed by atoms with Crippen LogP contribution in [0, 0.1) is 5.92 Å². The first-order chi connectivity index (χ1) is 14.3. The molecule has 2 N–H and O–H groups in total. The number of carbonyl (C=O) groups is 1. The van der Waals surface area contributed by atoms with Crippen molar-refractivity contribution in [2.45, 2.75) is 43.4 Å². The highest BCUT2D eigenvalue weighted by Crippen LogP contribution is 2.28. The van der Waals surface area contributed by atoms with E-state index in [1.807, 2.05) is 37.4 Å². The average molecular weight is 451 g/mol. The zero-order valence-electron chi connectivity index (χ0n) is 17.9. The van der Waals surface area contributed by atoms with Crippen LogP contribution < -0.4 is 14.8 Å². The molecule has 30 heavy (non-hydrogen) atoms. The average Bonchev–Trinajstić information content (AvgIpc) is 2.72. The predicted octanol–water partition coefficient (Wildman–Crippen LogP) is 4.31. The molecule has 0 fully saturated rings. The molecule has 6 nitrogen and oxygen atoms in total. The van der Waals surface area contributed by atoms with E-state index in [9.17, 15) is 13.2 Å². The van der Waals surface area contributed by atoms with Crippen LogP contribution in [-0.2, 0) is 21.2 Å². The van der Waals surface area contributed by atoms with E-state index >= 15 is 0 Å². The number of nitrogens with one attached hydrogen (secondary N) is 2. The summed E-state index contributed by atoms with van der Waals surface area (Å²) in [4.78, 5) is 13.0. The standard InChI is InChI=1S/C22H30N2O4S2/c1-5-28-18-10-8-17(9-11-18)7-6-14-23-30(26,27)19-12-13-21(29-4)20(15-19)24-22(25)16(2)3/h8-13,15-16,23H,5-7,14H2,1-4H3,(H,24,25). The molecule has 0 saturated carbocycles. The van der Waals surface area contributed by atoms with Gasteiger partial charge in [-0.1, -0.05) is 26.0 Å². The van der Waals surface area contributed by atoms with E-state index in [4.69, 9.17) is 4.74 Å². The minimum absolute atomic E-state index is 0.139. The Balaban J connectivity index is 1.98. The smallest absolute Gasteiger partial charge is 0.240 e. The minimum Gasteiger partial charge on any atom is -0.494 e. The Bertz CT molecular complexity index is 942. The van der Waals surface area contributed by atoms with Crippen molar-refractivity contribution in [3.05, 3.63) is 48.0 Å². The first-order valence-corrected chi connectivity index (χ1v) is 12.7. The van der Waals surface area contributed by atoms with E-state index < -0.39 is 10.0 Å². The Morgan fingerprint density at radius 3 is 2.43 bits per heavy atom. The molecule has 2 rings (SSSR count). The number of rotatable bonds is 11. The number of carbonyl (C=O) groups excluding carboxylic acids is 1. The van der Waals surface area contributed by atoms with Crippen LogP contribution in [0.25, 0.3) is 0 Å². The molecule has 0 bridgehead atoms. The van der Waals surface area contributed by atoms with Crippen molar-refractivity contribution in [2.24, 2.45) is 5.92 Å². The molecule has 0 aromatic heterocycles. The number of amides is 1. The van der Waals surface area contributed by atoms with Gasteiger partial charge in [-0.2, -0.15) is 0 Å². The second kappa shape index (κ2) is 11.4. The van der Waals surface area contributed by atoms with Crippen LogP contribution in [0.3, 0.4) is 0 Å². The van der Waals surface area contributed by atoms with Crippen LogP contribution in [0.1, 0.15) is 32.8 Å². The second-order valence-electron chi connectivity index (χ2n) is 7.08. The maximum Gasteiger partial charge on any atom is 0.240 e. The van der Waals surface area contributed by atoms with E-state index in [0.29, 0.717) is 25.3 Å². The van der Waals surface area contributed by atoms with E-state index in [0.717, 1.165) is 22.6 Å². The summed E-state index contributed by atoms with van der Waals surface area (Å²) in [5, 5.41) is 2.81. The van der Waals surface area contributed by atoms with Crippen LogP contribution in [0.2, 0.25) is 0 Å². The lowest BCUT2D eigenvalue weighted by molar-refractivity contribution is -0.118. The Hall–Kier alpha value is -2.03. The fourth-order valence-electron chi connectivity index (χ4n) is 2.73. The topological polar surface area (TPSA) is 84.5 Å². The normalized spacial score (nSPS) is 11.5. The van der Waals surface area contributed by atoms with Gasteiger partial charge in [0.25, 0.3) is 0 Å². The number of sulfonamides is 1. The first kappa shape index (κ1) is 24.2. The summed E-state index contributed by atoms with van der Waals surface area (Å²) in [6, 6.07) is 12.6.